The Hall–Kier alpha value is -2.44. The van der Waals surface area contributed by atoms with E-state index in [1.807, 2.05) is 18.2 Å². The van der Waals surface area contributed by atoms with Gasteiger partial charge in [-0.3, -0.25) is 4.79 Å². The molecule has 3 aromatic carbocycles. The van der Waals surface area contributed by atoms with Crippen molar-refractivity contribution in [2.45, 2.75) is 6.61 Å². The fraction of sp³-hybridized carbons (Fsp3) is 0.0833. The molecule has 4 aromatic rings. The number of nitrogens with one attached hydrogen (secondary N) is 1. The third-order valence-corrected chi connectivity index (χ3v) is 6.51. The summed E-state index contributed by atoms with van der Waals surface area (Å²) in [5.41, 5.74) is 4.44. The van der Waals surface area contributed by atoms with Crippen molar-refractivity contribution in [2.75, 3.05) is 7.11 Å². The zero-order valence-electron chi connectivity index (χ0n) is 17.6. The van der Waals surface area contributed by atoms with Crippen LogP contribution in [-0.2, 0) is 6.61 Å². The van der Waals surface area contributed by atoms with Crippen molar-refractivity contribution in [3.8, 4) is 11.5 Å². The number of hydrogen-bond donors (Lipinski definition) is 1. The van der Waals surface area contributed by atoms with Gasteiger partial charge in [0.25, 0.3) is 0 Å². The second kappa shape index (κ2) is 10.9. The second-order valence-corrected chi connectivity index (χ2v) is 10.0. The molecule has 0 atom stereocenters. The van der Waals surface area contributed by atoms with Crippen LogP contribution in [0.3, 0.4) is 0 Å². The SMILES string of the molecule is COc1cc(/C=N\NC(=O)c2cc3cc(Br)cc(Br)c3o2)cc(I)c1OCc1cccc(F)c1. The maximum Gasteiger partial charge on any atom is 0.307 e. The number of hydrogen-bond acceptors (Lipinski definition) is 5. The van der Waals surface area contributed by atoms with E-state index >= 15 is 0 Å². The van der Waals surface area contributed by atoms with Crippen LogP contribution in [0.5, 0.6) is 11.5 Å². The molecular weight excluding hydrogens is 686 g/mol. The van der Waals surface area contributed by atoms with Crippen LogP contribution in [0.25, 0.3) is 11.0 Å². The number of methoxy groups -OCH3 is 1. The van der Waals surface area contributed by atoms with Crippen LogP contribution < -0.4 is 14.9 Å². The van der Waals surface area contributed by atoms with Gasteiger partial charge >= 0.3 is 5.91 Å². The van der Waals surface area contributed by atoms with Crippen LogP contribution in [0.1, 0.15) is 21.7 Å². The molecule has 6 nitrogen and oxygen atoms in total. The van der Waals surface area contributed by atoms with E-state index < -0.39 is 5.91 Å². The van der Waals surface area contributed by atoms with Gasteiger partial charge in [0.05, 0.1) is 21.4 Å². The van der Waals surface area contributed by atoms with Crippen molar-refractivity contribution < 1.29 is 23.1 Å². The zero-order chi connectivity index (χ0) is 24.2. The maximum absolute atomic E-state index is 13.4. The number of carbonyl (C=O) groups excluding carboxylic acids is 1. The van der Waals surface area contributed by atoms with Gasteiger partial charge in [-0.25, -0.2) is 9.82 Å². The predicted octanol–water partition coefficient (Wildman–Crippen LogP) is 7.05. The van der Waals surface area contributed by atoms with E-state index in [9.17, 15) is 9.18 Å². The molecule has 1 amide bonds. The lowest BCUT2D eigenvalue weighted by Gasteiger charge is -2.13. The van der Waals surface area contributed by atoms with Gasteiger partial charge in [-0.05, 0) is 92.1 Å². The van der Waals surface area contributed by atoms with Crippen molar-refractivity contribution in [1.82, 2.24) is 5.43 Å². The average Bonchev–Trinajstić information content (AvgIpc) is 3.22. The average molecular weight is 702 g/mol. The number of carbonyl (C=O) groups is 1. The van der Waals surface area contributed by atoms with Gasteiger partial charge in [0, 0.05) is 9.86 Å². The molecule has 1 heterocycles. The second-order valence-electron chi connectivity index (χ2n) is 7.07. The first kappa shape index (κ1) is 24.7. The first-order valence-electron chi connectivity index (χ1n) is 9.81. The molecule has 4 rings (SSSR count). The summed E-state index contributed by atoms with van der Waals surface area (Å²) in [6.07, 6.45) is 1.49. The summed E-state index contributed by atoms with van der Waals surface area (Å²) in [5, 5.41) is 4.81. The van der Waals surface area contributed by atoms with Gasteiger partial charge in [-0.15, -0.1) is 0 Å². The quantitative estimate of drug-likeness (QED) is 0.127. The zero-order valence-corrected chi connectivity index (χ0v) is 22.9. The highest BCUT2D eigenvalue weighted by molar-refractivity contribution is 14.1. The summed E-state index contributed by atoms with van der Waals surface area (Å²) in [6.45, 7) is 0.192. The van der Waals surface area contributed by atoms with E-state index in [-0.39, 0.29) is 18.2 Å². The fourth-order valence-electron chi connectivity index (χ4n) is 3.14. The third kappa shape index (κ3) is 5.78. The number of amides is 1. The van der Waals surface area contributed by atoms with Crippen LogP contribution >= 0.6 is 54.5 Å². The predicted molar refractivity (Wildman–Crippen MR) is 143 cm³/mol. The van der Waals surface area contributed by atoms with E-state index in [2.05, 4.69) is 65.0 Å². The molecule has 0 fully saturated rings. The minimum atomic E-state index is -0.479. The summed E-state index contributed by atoms with van der Waals surface area (Å²) in [7, 11) is 1.53. The lowest BCUT2D eigenvalue weighted by Crippen LogP contribution is -2.16. The standard InChI is InChI=1S/C24H16Br2FIN2O4/c1-32-20-7-14(6-19(28)23(20)33-12-13-3-2-4-17(27)5-13)11-29-30-24(31)21-9-15-8-16(25)10-18(26)22(15)34-21/h2-11H,12H2,1H3,(H,30,31)/b29-11-. The molecule has 1 aromatic heterocycles. The number of furan rings is 1. The summed E-state index contributed by atoms with van der Waals surface area (Å²) < 4.78 is 32.7. The largest absolute Gasteiger partial charge is 0.493 e. The monoisotopic (exact) mass is 700 g/mol. The fourth-order valence-corrected chi connectivity index (χ4v) is 5.27. The van der Waals surface area contributed by atoms with Gasteiger partial charge in [0.2, 0.25) is 0 Å². The minimum Gasteiger partial charge on any atom is -0.493 e. The van der Waals surface area contributed by atoms with E-state index in [0.717, 1.165) is 17.9 Å². The Balaban J connectivity index is 1.46. The number of halogens is 4. The molecule has 0 aliphatic rings. The van der Waals surface area contributed by atoms with Crippen molar-refractivity contribution in [3.05, 3.63) is 89.8 Å². The molecule has 0 saturated heterocycles. The Bertz CT molecular complexity index is 1410. The Morgan fingerprint density at radius 1 is 1.21 bits per heavy atom. The van der Waals surface area contributed by atoms with Crippen LogP contribution in [-0.4, -0.2) is 19.2 Å². The Morgan fingerprint density at radius 3 is 2.79 bits per heavy atom. The van der Waals surface area contributed by atoms with Crippen molar-refractivity contribution in [2.24, 2.45) is 5.10 Å². The van der Waals surface area contributed by atoms with Gasteiger partial charge < -0.3 is 13.9 Å². The highest BCUT2D eigenvalue weighted by Gasteiger charge is 2.15. The lowest BCUT2D eigenvalue weighted by atomic mass is 10.2. The van der Waals surface area contributed by atoms with Crippen molar-refractivity contribution >= 4 is 77.5 Å². The molecule has 0 unspecified atom stereocenters. The van der Waals surface area contributed by atoms with E-state index in [1.165, 1.54) is 25.5 Å². The van der Waals surface area contributed by atoms with Gasteiger partial charge in [-0.2, -0.15) is 5.10 Å². The van der Waals surface area contributed by atoms with Crippen LogP contribution in [0, 0.1) is 9.39 Å². The van der Waals surface area contributed by atoms with Crippen molar-refractivity contribution in [1.29, 1.82) is 0 Å². The van der Waals surface area contributed by atoms with Crippen LogP contribution in [0.15, 0.2) is 73.1 Å². The molecule has 10 heteroatoms. The number of nitrogens with zero attached hydrogens (tertiary/aromatic N) is 1. The van der Waals surface area contributed by atoms with Crippen LogP contribution in [0.4, 0.5) is 4.39 Å². The van der Waals surface area contributed by atoms with Crippen LogP contribution in [0.2, 0.25) is 0 Å². The molecule has 1 N–H and O–H groups in total. The Kier molecular flexibility index (Phi) is 7.89. The molecule has 0 aliphatic carbocycles. The van der Waals surface area contributed by atoms with Gasteiger partial charge in [-0.1, -0.05) is 28.1 Å². The first-order valence-corrected chi connectivity index (χ1v) is 12.5. The normalized spacial score (nSPS) is 11.2. The topological polar surface area (TPSA) is 73.1 Å². The summed E-state index contributed by atoms with van der Waals surface area (Å²) >= 11 is 8.96. The van der Waals surface area contributed by atoms with Gasteiger partial charge in [0.1, 0.15) is 18.0 Å². The first-order chi connectivity index (χ1) is 16.3. The molecule has 0 saturated carbocycles. The number of rotatable bonds is 7. The molecule has 0 radical (unpaired) electrons. The summed E-state index contributed by atoms with van der Waals surface area (Å²) in [4.78, 5) is 12.5. The maximum atomic E-state index is 13.4. The molecule has 34 heavy (non-hydrogen) atoms. The Labute approximate surface area is 224 Å². The summed E-state index contributed by atoms with van der Waals surface area (Å²) in [5.74, 6) is 0.363. The molecular formula is C24H16Br2FIN2O4. The molecule has 0 bridgehead atoms. The smallest absolute Gasteiger partial charge is 0.307 e. The van der Waals surface area contributed by atoms with Crippen molar-refractivity contribution in [3.63, 3.8) is 0 Å². The molecule has 0 spiro atoms. The Morgan fingerprint density at radius 2 is 2.03 bits per heavy atom. The number of ether oxygens (including phenoxy) is 2. The third-order valence-electron chi connectivity index (χ3n) is 4.66. The van der Waals surface area contributed by atoms with E-state index in [4.69, 9.17) is 13.9 Å². The highest BCUT2D eigenvalue weighted by Crippen LogP contribution is 2.34. The number of hydrazone groups is 1. The molecule has 174 valence electrons. The molecule has 0 aliphatic heterocycles. The highest BCUT2D eigenvalue weighted by atomic mass is 127. The minimum absolute atomic E-state index is 0.138. The summed E-state index contributed by atoms with van der Waals surface area (Å²) in [6, 6.07) is 15.1. The number of benzene rings is 3. The van der Waals surface area contributed by atoms with E-state index in [1.54, 1.807) is 24.3 Å². The van der Waals surface area contributed by atoms with E-state index in [0.29, 0.717) is 28.2 Å². The lowest BCUT2D eigenvalue weighted by molar-refractivity contribution is 0.0929. The number of fused-ring (bicyclic) bond motifs is 1. The van der Waals surface area contributed by atoms with Gasteiger partial charge in [0.15, 0.2) is 17.3 Å².